The number of nitro groups is 1. The Morgan fingerprint density at radius 3 is 2.77 bits per heavy atom. The summed E-state index contributed by atoms with van der Waals surface area (Å²) in [5.74, 6) is 0.333. The number of benzene rings is 1. The Hall–Kier alpha value is -1.42. The van der Waals surface area contributed by atoms with Crippen molar-refractivity contribution in [3.8, 4) is 0 Å². The predicted molar refractivity (Wildman–Crippen MR) is 48.4 cm³/mol. The van der Waals surface area contributed by atoms with Gasteiger partial charge >= 0.3 is 0 Å². The summed E-state index contributed by atoms with van der Waals surface area (Å²) in [4.78, 5) is 10.1. The molecule has 1 fully saturated rings. The molecule has 4 nitrogen and oxygen atoms in total. The largest absolute Gasteiger partial charge is 0.327 e. The average molecular weight is 178 g/mol. The van der Waals surface area contributed by atoms with E-state index in [0.717, 1.165) is 12.0 Å². The van der Waals surface area contributed by atoms with Gasteiger partial charge in [-0.3, -0.25) is 10.1 Å². The molecule has 0 unspecified atom stereocenters. The van der Waals surface area contributed by atoms with Crippen LogP contribution in [0, 0.1) is 10.1 Å². The van der Waals surface area contributed by atoms with Crippen LogP contribution in [0.25, 0.3) is 0 Å². The van der Waals surface area contributed by atoms with E-state index in [2.05, 4.69) is 0 Å². The molecule has 0 bridgehead atoms. The SMILES string of the molecule is N[C@@H]1C[C@H]1c1cccc([N+](=O)[O-])c1. The maximum atomic E-state index is 10.5. The first-order valence-corrected chi connectivity index (χ1v) is 4.18. The van der Waals surface area contributed by atoms with Crippen molar-refractivity contribution in [2.24, 2.45) is 5.73 Å². The van der Waals surface area contributed by atoms with Gasteiger partial charge in [0.25, 0.3) is 5.69 Å². The Balaban J connectivity index is 2.28. The highest BCUT2D eigenvalue weighted by Crippen LogP contribution is 2.39. The zero-order valence-corrected chi connectivity index (χ0v) is 7.01. The molecule has 1 aromatic carbocycles. The molecule has 2 N–H and O–H groups in total. The van der Waals surface area contributed by atoms with Crippen molar-refractivity contribution in [1.29, 1.82) is 0 Å². The molecule has 0 aromatic heterocycles. The first kappa shape index (κ1) is 8.19. The van der Waals surface area contributed by atoms with Crippen LogP contribution in [0.1, 0.15) is 17.9 Å². The summed E-state index contributed by atoms with van der Waals surface area (Å²) in [6.07, 6.45) is 0.946. The molecule has 1 aliphatic carbocycles. The van der Waals surface area contributed by atoms with Gasteiger partial charge in [0.15, 0.2) is 0 Å². The van der Waals surface area contributed by atoms with E-state index in [1.165, 1.54) is 6.07 Å². The van der Waals surface area contributed by atoms with Crippen molar-refractivity contribution in [3.05, 3.63) is 39.9 Å². The quantitative estimate of drug-likeness (QED) is 0.549. The summed E-state index contributed by atoms with van der Waals surface area (Å²) in [5, 5.41) is 10.5. The van der Waals surface area contributed by atoms with Crippen molar-refractivity contribution in [3.63, 3.8) is 0 Å². The summed E-state index contributed by atoms with van der Waals surface area (Å²) >= 11 is 0. The number of hydrogen-bond donors (Lipinski definition) is 1. The van der Waals surface area contributed by atoms with E-state index < -0.39 is 0 Å². The van der Waals surface area contributed by atoms with Crippen LogP contribution in [0.5, 0.6) is 0 Å². The number of nitrogens with two attached hydrogens (primary N) is 1. The fourth-order valence-electron chi connectivity index (χ4n) is 1.47. The Labute approximate surface area is 75.5 Å². The van der Waals surface area contributed by atoms with Crippen LogP contribution in [0.4, 0.5) is 5.69 Å². The second kappa shape index (κ2) is 2.81. The molecule has 1 saturated carbocycles. The molecule has 4 heteroatoms. The molecule has 0 spiro atoms. The lowest BCUT2D eigenvalue weighted by Gasteiger charge is -1.97. The molecule has 1 aliphatic rings. The lowest BCUT2D eigenvalue weighted by molar-refractivity contribution is -0.384. The van der Waals surface area contributed by atoms with Crippen LogP contribution in [-0.4, -0.2) is 11.0 Å². The predicted octanol–water partition coefficient (Wildman–Crippen LogP) is 1.41. The Morgan fingerprint density at radius 2 is 2.23 bits per heavy atom. The standard InChI is InChI=1S/C9H10N2O2/c10-9-5-8(9)6-2-1-3-7(4-6)11(12)13/h1-4,8-9H,5,10H2/t8-,9+/m0/s1. The van der Waals surface area contributed by atoms with Crippen molar-refractivity contribution in [1.82, 2.24) is 0 Å². The minimum atomic E-state index is -0.378. The fourth-order valence-corrected chi connectivity index (χ4v) is 1.47. The van der Waals surface area contributed by atoms with Gasteiger partial charge < -0.3 is 5.73 Å². The highest BCUT2D eigenvalue weighted by molar-refractivity contribution is 5.38. The third-order valence-corrected chi connectivity index (χ3v) is 2.35. The smallest absolute Gasteiger partial charge is 0.269 e. The van der Waals surface area contributed by atoms with Gasteiger partial charge in [0.1, 0.15) is 0 Å². The zero-order chi connectivity index (χ0) is 9.42. The molecule has 0 amide bonds. The van der Waals surface area contributed by atoms with Crippen molar-refractivity contribution in [2.75, 3.05) is 0 Å². The number of nitrogens with zero attached hydrogens (tertiary/aromatic N) is 1. The number of non-ortho nitro benzene ring substituents is 1. The van der Waals surface area contributed by atoms with Gasteiger partial charge in [0.2, 0.25) is 0 Å². The monoisotopic (exact) mass is 178 g/mol. The van der Waals surface area contributed by atoms with Crippen LogP contribution in [0.3, 0.4) is 0 Å². The molecule has 0 aliphatic heterocycles. The molecule has 2 atom stereocenters. The first-order chi connectivity index (χ1) is 6.18. The van der Waals surface area contributed by atoms with E-state index in [9.17, 15) is 10.1 Å². The Morgan fingerprint density at radius 1 is 1.54 bits per heavy atom. The molecule has 0 heterocycles. The summed E-state index contributed by atoms with van der Waals surface area (Å²) in [7, 11) is 0. The first-order valence-electron chi connectivity index (χ1n) is 4.18. The Kier molecular flexibility index (Phi) is 1.77. The topological polar surface area (TPSA) is 69.2 Å². The third-order valence-electron chi connectivity index (χ3n) is 2.35. The van der Waals surface area contributed by atoms with Crippen molar-refractivity contribution < 1.29 is 4.92 Å². The number of rotatable bonds is 2. The fraction of sp³-hybridized carbons (Fsp3) is 0.333. The molecule has 13 heavy (non-hydrogen) atoms. The molecule has 1 aromatic rings. The minimum Gasteiger partial charge on any atom is -0.327 e. The summed E-state index contributed by atoms with van der Waals surface area (Å²) in [5.41, 5.74) is 6.79. The van der Waals surface area contributed by atoms with E-state index in [4.69, 9.17) is 5.73 Å². The van der Waals surface area contributed by atoms with Crippen LogP contribution >= 0.6 is 0 Å². The average Bonchev–Trinajstić information content (AvgIpc) is 2.83. The van der Waals surface area contributed by atoms with Gasteiger partial charge in [0, 0.05) is 24.1 Å². The lowest BCUT2D eigenvalue weighted by atomic mass is 10.1. The number of nitro benzene ring substituents is 1. The van der Waals surface area contributed by atoms with E-state index in [0.29, 0.717) is 5.92 Å². The van der Waals surface area contributed by atoms with E-state index in [1.54, 1.807) is 12.1 Å². The van der Waals surface area contributed by atoms with E-state index in [1.807, 2.05) is 6.07 Å². The van der Waals surface area contributed by atoms with Crippen molar-refractivity contribution in [2.45, 2.75) is 18.4 Å². The summed E-state index contributed by atoms with van der Waals surface area (Å²) < 4.78 is 0. The zero-order valence-electron chi connectivity index (χ0n) is 7.01. The second-order valence-corrected chi connectivity index (χ2v) is 3.36. The van der Waals surface area contributed by atoms with Crippen molar-refractivity contribution >= 4 is 5.69 Å². The van der Waals surface area contributed by atoms with Gasteiger partial charge in [-0.2, -0.15) is 0 Å². The summed E-state index contributed by atoms with van der Waals surface area (Å²) in [6.45, 7) is 0. The van der Waals surface area contributed by atoms with Crippen LogP contribution in [0.2, 0.25) is 0 Å². The van der Waals surface area contributed by atoms with Crippen LogP contribution in [0.15, 0.2) is 24.3 Å². The molecule has 0 saturated heterocycles. The van der Waals surface area contributed by atoms with Crippen LogP contribution in [-0.2, 0) is 0 Å². The molecular formula is C9H10N2O2. The molecule has 2 rings (SSSR count). The molecule has 68 valence electrons. The van der Waals surface area contributed by atoms with Crippen LogP contribution < -0.4 is 5.73 Å². The summed E-state index contributed by atoms with van der Waals surface area (Å²) in [6, 6.07) is 6.90. The van der Waals surface area contributed by atoms with Gasteiger partial charge in [-0.05, 0) is 12.0 Å². The number of hydrogen-bond acceptors (Lipinski definition) is 3. The van der Waals surface area contributed by atoms with E-state index >= 15 is 0 Å². The van der Waals surface area contributed by atoms with Gasteiger partial charge in [-0.1, -0.05) is 12.1 Å². The van der Waals surface area contributed by atoms with E-state index in [-0.39, 0.29) is 16.7 Å². The highest BCUT2D eigenvalue weighted by Gasteiger charge is 2.35. The second-order valence-electron chi connectivity index (χ2n) is 3.36. The van der Waals surface area contributed by atoms with Gasteiger partial charge in [0.05, 0.1) is 4.92 Å². The molecular weight excluding hydrogens is 168 g/mol. The maximum Gasteiger partial charge on any atom is 0.269 e. The Bertz CT molecular complexity index is 351. The maximum absolute atomic E-state index is 10.5. The normalized spacial score (nSPS) is 25.6. The van der Waals surface area contributed by atoms with Gasteiger partial charge in [-0.25, -0.2) is 0 Å². The third kappa shape index (κ3) is 1.53. The molecule has 0 radical (unpaired) electrons. The minimum absolute atomic E-state index is 0.150. The lowest BCUT2D eigenvalue weighted by Crippen LogP contribution is -2.01. The van der Waals surface area contributed by atoms with Gasteiger partial charge in [-0.15, -0.1) is 0 Å². The highest BCUT2D eigenvalue weighted by atomic mass is 16.6.